The van der Waals surface area contributed by atoms with Crippen LogP contribution in [0.1, 0.15) is 5.56 Å². The van der Waals surface area contributed by atoms with E-state index < -0.39 is 0 Å². The Labute approximate surface area is 94.4 Å². The van der Waals surface area contributed by atoms with Gasteiger partial charge in [-0.1, -0.05) is 30.3 Å². The third-order valence-corrected chi connectivity index (χ3v) is 1.77. The van der Waals surface area contributed by atoms with Crippen LogP contribution in [-0.4, -0.2) is 18.7 Å². The lowest BCUT2D eigenvalue weighted by molar-refractivity contribution is -0.143. The highest BCUT2D eigenvalue weighted by molar-refractivity contribution is 5.77. The first-order valence-corrected chi connectivity index (χ1v) is 4.89. The molecule has 0 heterocycles. The maximum absolute atomic E-state index is 11.2. The molecule has 0 saturated heterocycles. The van der Waals surface area contributed by atoms with Crippen molar-refractivity contribution in [3.63, 3.8) is 0 Å². The summed E-state index contributed by atoms with van der Waals surface area (Å²) in [5.41, 5.74) is 6.05. The summed E-state index contributed by atoms with van der Waals surface area (Å²) in [5.74, 6) is -0.356. The number of carbonyl (C=O) groups is 1. The van der Waals surface area contributed by atoms with Crippen LogP contribution in [0.5, 0.6) is 0 Å². The summed E-state index contributed by atoms with van der Waals surface area (Å²) in [6.07, 6.45) is 4.35. The SMILES string of the molecule is NC=CC=NCC(=O)OCc1ccccc1. The molecule has 0 fully saturated rings. The van der Waals surface area contributed by atoms with Crippen molar-refractivity contribution in [2.24, 2.45) is 10.7 Å². The Morgan fingerprint density at radius 1 is 1.38 bits per heavy atom. The molecule has 0 bridgehead atoms. The zero-order chi connectivity index (χ0) is 11.6. The second kappa shape index (κ2) is 7.23. The van der Waals surface area contributed by atoms with E-state index in [4.69, 9.17) is 10.5 Å². The molecule has 2 N–H and O–H groups in total. The molecule has 0 aromatic heterocycles. The molecule has 0 saturated carbocycles. The van der Waals surface area contributed by atoms with Crippen LogP contribution >= 0.6 is 0 Å². The maximum atomic E-state index is 11.2. The Bertz CT molecular complexity index is 372. The Morgan fingerprint density at radius 2 is 2.12 bits per heavy atom. The lowest BCUT2D eigenvalue weighted by Gasteiger charge is -2.02. The summed E-state index contributed by atoms with van der Waals surface area (Å²) in [6, 6.07) is 9.50. The fraction of sp³-hybridized carbons (Fsp3) is 0.167. The number of rotatable bonds is 5. The summed E-state index contributed by atoms with van der Waals surface area (Å²) in [5, 5.41) is 0. The van der Waals surface area contributed by atoms with Crippen LogP contribution in [-0.2, 0) is 16.1 Å². The van der Waals surface area contributed by atoms with Crippen molar-refractivity contribution >= 4 is 12.2 Å². The number of ether oxygens (including phenoxy) is 1. The second-order valence-electron chi connectivity index (χ2n) is 3.02. The highest BCUT2D eigenvalue weighted by atomic mass is 16.5. The molecule has 0 atom stereocenters. The molecule has 0 aliphatic carbocycles. The van der Waals surface area contributed by atoms with Gasteiger partial charge < -0.3 is 10.5 Å². The second-order valence-corrected chi connectivity index (χ2v) is 3.02. The van der Waals surface area contributed by atoms with Gasteiger partial charge in [-0.2, -0.15) is 0 Å². The number of nitrogens with two attached hydrogens (primary N) is 1. The average molecular weight is 218 g/mol. The van der Waals surface area contributed by atoms with Crippen LogP contribution in [0, 0.1) is 0 Å². The van der Waals surface area contributed by atoms with Crippen molar-refractivity contribution in [2.75, 3.05) is 6.54 Å². The number of aliphatic imine (C=N–C) groups is 1. The van der Waals surface area contributed by atoms with E-state index in [9.17, 15) is 4.79 Å². The Balaban J connectivity index is 2.25. The topological polar surface area (TPSA) is 64.7 Å². The minimum absolute atomic E-state index is 0.0111. The molecule has 4 heteroatoms. The first kappa shape index (κ1) is 12.0. The van der Waals surface area contributed by atoms with Gasteiger partial charge in [0.2, 0.25) is 0 Å². The van der Waals surface area contributed by atoms with Crippen molar-refractivity contribution in [3.05, 3.63) is 48.2 Å². The van der Waals surface area contributed by atoms with Crippen LogP contribution < -0.4 is 5.73 Å². The molecule has 0 aliphatic rings. The third-order valence-electron chi connectivity index (χ3n) is 1.77. The van der Waals surface area contributed by atoms with Crippen molar-refractivity contribution in [1.82, 2.24) is 0 Å². The standard InChI is InChI=1S/C12H14N2O2/c13-7-4-8-14-9-12(15)16-10-11-5-2-1-3-6-11/h1-8H,9-10,13H2. The summed E-state index contributed by atoms with van der Waals surface area (Å²) < 4.78 is 5.00. The molecular weight excluding hydrogens is 204 g/mol. The fourth-order valence-electron chi connectivity index (χ4n) is 1.02. The van der Waals surface area contributed by atoms with Gasteiger partial charge in [-0.25, -0.2) is 0 Å². The molecule has 16 heavy (non-hydrogen) atoms. The highest BCUT2D eigenvalue weighted by Crippen LogP contribution is 2.00. The number of nitrogens with zero attached hydrogens (tertiary/aromatic N) is 1. The van der Waals surface area contributed by atoms with Gasteiger partial charge in [-0.15, -0.1) is 0 Å². The van der Waals surface area contributed by atoms with Crippen molar-refractivity contribution < 1.29 is 9.53 Å². The molecule has 0 unspecified atom stereocenters. The molecule has 0 amide bonds. The van der Waals surface area contributed by atoms with E-state index in [2.05, 4.69) is 4.99 Å². The van der Waals surface area contributed by atoms with E-state index in [0.29, 0.717) is 0 Å². The number of allylic oxidation sites excluding steroid dienone is 1. The molecule has 1 aromatic rings. The zero-order valence-corrected chi connectivity index (χ0v) is 8.87. The van der Waals surface area contributed by atoms with Crippen LogP contribution in [0.2, 0.25) is 0 Å². The van der Waals surface area contributed by atoms with Gasteiger partial charge in [0, 0.05) is 6.21 Å². The quantitative estimate of drug-likeness (QED) is 0.598. The zero-order valence-electron chi connectivity index (χ0n) is 8.87. The average Bonchev–Trinajstić information content (AvgIpc) is 2.33. The molecule has 84 valence electrons. The number of hydrogen-bond acceptors (Lipinski definition) is 4. The van der Waals surface area contributed by atoms with E-state index in [1.54, 1.807) is 6.08 Å². The van der Waals surface area contributed by atoms with Gasteiger partial charge in [-0.3, -0.25) is 9.79 Å². The number of benzene rings is 1. The monoisotopic (exact) mass is 218 g/mol. The fourth-order valence-corrected chi connectivity index (χ4v) is 1.02. The normalized spacial score (nSPS) is 11.0. The van der Waals surface area contributed by atoms with Crippen molar-refractivity contribution in [3.8, 4) is 0 Å². The lowest BCUT2D eigenvalue weighted by Crippen LogP contribution is -2.08. The summed E-state index contributed by atoms with van der Waals surface area (Å²) >= 11 is 0. The number of carbonyl (C=O) groups excluding carboxylic acids is 1. The van der Waals surface area contributed by atoms with Crippen LogP contribution in [0.15, 0.2) is 47.6 Å². The number of hydrogen-bond donors (Lipinski definition) is 1. The van der Waals surface area contributed by atoms with Crippen molar-refractivity contribution in [2.45, 2.75) is 6.61 Å². The van der Waals surface area contributed by atoms with Crippen molar-refractivity contribution in [1.29, 1.82) is 0 Å². The molecule has 4 nitrogen and oxygen atoms in total. The molecular formula is C12H14N2O2. The third kappa shape index (κ3) is 4.95. The summed E-state index contributed by atoms with van der Waals surface area (Å²) in [4.78, 5) is 15.0. The van der Waals surface area contributed by atoms with E-state index in [1.807, 2.05) is 30.3 Å². The molecule has 0 aliphatic heterocycles. The van der Waals surface area contributed by atoms with Gasteiger partial charge >= 0.3 is 5.97 Å². The van der Waals surface area contributed by atoms with E-state index in [-0.39, 0.29) is 19.1 Å². The Hall–Kier alpha value is -2.10. The predicted molar refractivity (Wildman–Crippen MR) is 62.9 cm³/mol. The minimum atomic E-state index is -0.356. The number of esters is 1. The Morgan fingerprint density at radius 3 is 2.81 bits per heavy atom. The Kier molecular flexibility index (Phi) is 5.41. The minimum Gasteiger partial charge on any atom is -0.459 e. The molecule has 1 rings (SSSR count). The summed E-state index contributed by atoms with van der Waals surface area (Å²) in [7, 11) is 0. The van der Waals surface area contributed by atoms with Crippen LogP contribution in [0.25, 0.3) is 0 Å². The molecule has 1 aromatic carbocycles. The molecule has 0 radical (unpaired) electrons. The first-order valence-electron chi connectivity index (χ1n) is 4.89. The largest absolute Gasteiger partial charge is 0.459 e. The predicted octanol–water partition coefficient (Wildman–Crippen LogP) is 1.27. The van der Waals surface area contributed by atoms with Gasteiger partial charge in [-0.05, 0) is 17.8 Å². The maximum Gasteiger partial charge on any atom is 0.328 e. The van der Waals surface area contributed by atoms with Gasteiger partial charge in [0.15, 0.2) is 0 Å². The molecule has 0 spiro atoms. The summed E-state index contributed by atoms with van der Waals surface area (Å²) in [6.45, 7) is 0.291. The lowest BCUT2D eigenvalue weighted by atomic mass is 10.2. The van der Waals surface area contributed by atoms with E-state index in [0.717, 1.165) is 5.56 Å². The van der Waals surface area contributed by atoms with Gasteiger partial charge in [0.25, 0.3) is 0 Å². The van der Waals surface area contributed by atoms with Gasteiger partial charge in [0.05, 0.1) is 0 Å². The van der Waals surface area contributed by atoms with Crippen LogP contribution in [0.4, 0.5) is 0 Å². The van der Waals surface area contributed by atoms with E-state index >= 15 is 0 Å². The van der Waals surface area contributed by atoms with Gasteiger partial charge in [0.1, 0.15) is 13.2 Å². The smallest absolute Gasteiger partial charge is 0.328 e. The van der Waals surface area contributed by atoms with Crippen LogP contribution in [0.3, 0.4) is 0 Å². The highest BCUT2D eigenvalue weighted by Gasteiger charge is 2.00. The van der Waals surface area contributed by atoms with E-state index in [1.165, 1.54) is 12.4 Å². The first-order chi connectivity index (χ1) is 7.83.